The third-order valence-electron chi connectivity index (χ3n) is 4.95. The number of amides is 2. The van der Waals surface area contributed by atoms with E-state index in [1.165, 1.54) is 23.1 Å². The Balaban J connectivity index is 1.43. The summed E-state index contributed by atoms with van der Waals surface area (Å²) in [5.41, 5.74) is 0.188. The fourth-order valence-corrected chi connectivity index (χ4v) is 3.97. The van der Waals surface area contributed by atoms with Crippen LogP contribution in [0.5, 0.6) is 11.5 Å². The number of nitrogens with zero attached hydrogens (tertiary/aromatic N) is 1. The van der Waals surface area contributed by atoms with Gasteiger partial charge in [-0.1, -0.05) is 0 Å². The number of hydrogen-bond donors (Lipinski definition) is 2. The summed E-state index contributed by atoms with van der Waals surface area (Å²) in [6, 6.07) is 3.55. The number of fused-ring (bicyclic) bond motifs is 3. The first-order valence-corrected chi connectivity index (χ1v) is 8.04. The number of piperidine rings is 1. The molecule has 2 bridgehead atoms. The SMILES string of the molecule is O=C(NC1CC2CCC(C1)N2C(=O)O)c1ccc2c(c1)OC(F)(F)O2. The number of rotatable bonds is 2. The Morgan fingerprint density at radius 1 is 1.16 bits per heavy atom. The van der Waals surface area contributed by atoms with E-state index in [0.29, 0.717) is 12.8 Å². The highest BCUT2D eigenvalue weighted by Gasteiger charge is 2.45. The lowest BCUT2D eigenvalue weighted by Crippen LogP contribution is -2.52. The van der Waals surface area contributed by atoms with Crippen molar-refractivity contribution in [3.8, 4) is 11.5 Å². The lowest BCUT2D eigenvalue weighted by atomic mass is 9.97. The molecule has 2 N–H and O–H groups in total. The summed E-state index contributed by atoms with van der Waals surface area (Å²) in [5, 5.41) is 12.1. The van der Waals surface area contributed by atoms with Gasteiger partial charge in [0.15, 0.2) is 11.5 Å². The van der Waals surface area contributed by atoms with E-state index in [1.807, 2.05) is 0 Å². The van der Waals surface area contributed by atoms with Crippen LogP contribution in [0.2, 0.25) is 0 Å². The minimum atomic E-state index is -3.72. The van der Waals surface area contributed by atoms with Gasteiger partial charge in [-0.2, -0.15) is 0 Å². The third-order valence-corrected chi connectivity index (χ3v) is 4.95. The van der Waals surface area contributed by atoms with Crippen molar-refractivity contribution < 1.29 is 33.0 Å². The zero-order chi connectivity index (χ0) is 17.8. The van der Waals surface area contributed by atoms with Gasteiger partial charge in [-0.15, -0.1) is 8.78 Å². The predicted octanol–water partition coefficient (Wildman–Crippen LogP) is 2.41. The van der Waals surface area contributed by atoms with Gasteiger partial charge in [0.1, 0.15) is 0 Å². The zero-order valence-corrected chi connectivity index (χ0v) is 13.1. The van der Waals surface area contributed by atoms with Crippen molar-refractivity contribution in [3.63, 3.8) is 0 Å². The van der Waals surface area contributed by atoms with Gasteiger partial charge in [-0.05, 0) is 43.9 Å². The molecule has 0 aliphatic carbocycles. The normalized spacial score (nSPS) is 28.7. The van der Waals surface area contributed by atoms with Crippen LogP contribution in [0.25, 0.3) is 0 Å². The van der Waals surface area contributed by atoms with Crippen LogP contribution in [0.15, 0.2) is 18.2 Å². The number of hydrogen-bond acceptors (Lipinski definition) is 4. The fraction of sp³-hybridized carbons (Fsp3) is 0.500. The monoisotopic (exact) mass is 354 g/mol. The quantitative estimate of drug-likeness (QED) is 0.852. The average Bonchev–Trinajstić information content (AvgIpc) is 2.98. The van der Waals surface area contributed by atoms with E-state index < -0.39 is 18.3 Å². The summed E-state index contributed by atoms with van der Waals surface area (Å²) >= 11 is 0. The maximum atomic E-state index is 13.0. The lowest BCUT2D eigenvalue weighted by Gasteiger charge is -2.37. The Labute approximate surface area is 141 Å². The Bertz CT molecular complexity index is 727. The van der Waals surface area contributed by atoms with Crippen LogP contribution in [0, 0.1) is 0 Å². The van der Waals surface area contributed by atoms with Gasteiger partial charge in [0.05, 0.1) is 0 Å². The molecule has 9 heteroatoms. The molecule has 2 saturated heterocycles. The number of carbonyl (C=O) groups excluding carboxylic acids is 1. The third kappa shape index (κ3) is 2.83. The van der Waals surface area contributed by atoms with Crippen molar-refractivity contribution >= 4 is 12.0 Å². The Morgan fingerprint density at radius 2 is 1.80 bits per heavy atom. The second-order valence-electron chi connectivity index (χ2n) is 6.55. The summed E-state index contributed by atoms with van der Waals surface area (Å²) in [6.07, 6.45) is -1.95. The molecule has 0 spiro atoms. The van der Waals surface area contributed by atoms with Crippen molar-refractivity contribution in [1.82, 2.24) is 10.2 Å². The van der Waals surface area contributed by atoms with Crippen molar-refractivity contribution in [1.29, 1.82) is 0 Å². The molecule has 25 heavy (non-hydrogen) atoms. The van der Waals surface area contributed by atoms with Crippen LogP contribution in [0.4, 0.5) is 13.6 Å². The molecule has 4 rings (SSSR count). The van der Waals surface area contributed by atoms with E-state index in [-0.39, 0.29) is 35.2 Å². The summed E-state index contributed by atoms with van der Waals surface area (Å²) in [6.45, 7) is 0. The van der Waals surface area contributed by atoms with Crippen LogP contribution in [0.1, 0.15) is 36.0 Å². The number of carbonyl (C=O) groups is 2. The largest absolute Gasteiger partial charge is 0.586 e. The molecule has 0 saturated carbocycles. The maximum Gasteiger partial charge on any atom is 0.586 e. The molecule has 3 aliphatic rings. The summed E-state index contributed by atoms with van der Waals surface area (Å²) < 4.78 is 34.7. The van der Waals surface area contributed by atoms with Crippen LogP contribution >= 0.6 is 0 Å². The van der Waals surface area contributed by atoms with Gasteiger partial charge in [0.25, 0.3) is 5.91 Å². The molecule has 1 aromatic carbocycles. The molecule has 0 radical (unpaired) electrons. The zero-order valence-electron chi connectivity index (χ0n) is 13.1. The highest BCUT2D eigenvalue weighted by atomic mass is 19.3. The van der Waals surface area contributed by atoms with Crippen LogP contribution in [-0.2, 0) is 0 Å². The standard InChI is InChI=1S/C16H16F2N2O5/c17-16(18)24-12-4-1-8(5-13(12)25-16)14(21)19-9-6-10-2-3-11(7-9)20(10)15(22)23/h1,4-5,9-11H,2-3,6-7H2,(H,19,21)(H,22,23). The molecule has 3 heterocycles. The molecule has 0 aromatic heterocycles. The second-order valence-corrected chi connectivity index (χ2v) is 6.55. The molecule has 3 aliphatic heterocycles. The minimum Gasteiger partial charge on any atom is -0.465 e. The smallest absolute Gasteiger partial charge is 0.465 e. The van der Waals surface area contributed by atoms with E-state index in [2.05, 4.69) is 14.8 Å². The van der Waals surface area contributed by atoms with Gasteiger partial charge in [0, 0.05) is 23.7 Å². The number of alkyl halides is 2. The number of carboxylic acid groups (broad SMARTS) is 1. The number of ether oxygens (including phenoxy) is 2. The Morgan fingerprint density at radius 3 is 2.44 bits per heavy atom. The van der Waals surface area contributed by atoms with Gasteiger partial charge in [0.2, 0.25) is 0 Å². The molecule has 2 unspecified atom stereocenters. The summed E-state index contributed by atoms with van der Waals surface area (Å²) in [4.78, 5) is 25.2. The van der Waals surface area contributed by atoms with Gasteiger partial charge in [-0.25, -0.2) is 4.79 Å². The van der Waals surface area contributed by atoms with E-state index >= 15 is 0 Å². The molecule has 2 amide bonds. The molecular weight excluding hydrogens is 338 g/mol. The first-order chi connectivity index (χ1) is 11.8. The highest BCUT2D eigenvalue weighted by molar-refractivity contribution is 5.95. The molecule has 7 nitrogen and oxygen atoms in total. The topological polar surface area (TPSA) is 88.1 Å². The molecular formula is C16H16F2N2O5. The molecule has 2 atom stereocenters. The van der Waals surface area contributed by atoms with Crippen LogP contribution in [-0.4, -0.2) is 46.4 Å². The lowest BCUT2D eigenvalue weighted by molar-refractivity contribution is -0.286. The number of halogens is 2. The second kappa shape index (κ2) is 5.47. The Kier molecular flexibility index (Phi) is 3.48. The van der Waals surface area contributed by atoms with Gasteiger partial charge < -0.3 is 24.8 Å². The van der Waals surface area contributed by atoms with Crippen molar-refractivity contribution in [2.24, 2.45) is 0 Å². The Hall–Kier alpha value is -2.58. The van der Waals surface area contributed by atoms with Crippen molar-refractivity contribution in [2.45, 2.75) is 50.1 Å². The number of benzene rings is 1. The first kappa shape index (κ1) is 15.9. The van der Waals surface area contributed by atoms with Crippen LogP contribution < -0.4 is 14.8 Å². The molecule has 2 fully saturated rings. The van der Waals surface area contributed by atoms with E-state index in [0.717, 1.165) is 12.8 Å². The van der Waals surface area contributed by atoms with Gasteiger partial charge in [-0.3, -0.25) is 4.79 Å². The molecule has 134 valence electrons. The minimum absolute atomic E-state index is 0.0861. The highest BCUT2D eigenvalue weighted by Crippen LogP contribution is 2.41. The fourth-order valence-electron chi connectivity index (χ4n) is 3.97. The molecule has 1 aromatic rings. The first-order valence-electron chi connectivity index (χ1n) is 8.04. The number of nitrogens with one attached hydrogen (secondary N) is 1. The van der Waals surface area contributed by atoms with E-state index in [4.69, 9.17) is 0 Å². The summed E-state index contributed by atoms with van der Waals surface area (Å²) in [7, 11) is 0. The van der Waals surface area contributed by atoms with E-state index in [9.17, 15) is 23.5 Å². The van der Waals surface area contributed by atoms with Crippen LogP contribution in [0.3, 0.4) is 0 Å². The van der Waals surface area contributed by atoms with E-state index in [1.54, 1.807) is 0 Å². The average molecular weight is 354 g/mol. The predicted molar refractivity (Wildman–Crippen MR) is 79.8 cm³/mol. The van der Waals surface area contributed by atoms with Gasteiger partial charge >= 0.3 is 12.4 Å². The van der Waals surface area contributed by atoms with Crippen molar-refractivity contribution in [3.05, 3.63) is 23.8 Å². The maximum absolute atomic E-state index is 13.0. The van der Waals surface area contributed by atoms with Crippen molar-refractivity contribution in [2.75, 3.05) is 0 Å². The summed E-state index contributed by atoms with van der Waals surface area (Å²) in [5.74, 6) is -0.706.